The number of hydrogen-bond donors (Lipinski definition) is 5. The van der Waals surface area contributed by atoms with E-state index in [9.17, 15) is 27.6 Å². The molecular weight excluding hydrogens is 615 g/mol. The molecule has 0 radical (unpaired) electrons. The van der Waals surface area contributed by atoms with Gasteiger partial charge in [0.05, 0.1) is 24.3 Å². The minimum atomic E-state index is -5.08. The van der Waals surface area contributed by atoms with Gasteiger partial charge < -0.3 is 30.4 Å². The number of methoxy groups -OCH3 is 1. The molecule has 13 nitrogen and oxygen atoms in total. The minimum absolute atomic E-state index is 0.0908. The number of halogens is 3. The Morgan fingerprint density at radius 1 is 0.957 bits per heavy atom. The number of anilines is 1. The van der Waals surface area contributed by atoms with Gasteiger partial charge in [-0.05, 0) is 61.0 Å². The first-order valence-electron chi connectivity index (χ1n) is 13.5. The number of nitrogens with one attached hydrogen (secondary N) is 3. The molecule has 244 valence electrons. The van der Waals surface area contributed by atoms with Gasteiger partial charge in [0.25, 0.3) is 17.7 Å². The first-order chi connectivity index (χ1) is 21.8. The van der Waals surface area contributed by atoms with Crippen molar-refractivity contribution in [2.45, 2.75) is 19.1 Å². The molecule has 0 spiro atoms. The molecule has 1 atom stereocenters. The minimum Gasteiger partial charge on any atom is -0.490 e. The number of aliphatic carboxylic acids is 1. The number of imide groups is 1. The number of carboxylic acids is 1. The topological polar surface area (TPSA) is 193 Å². The Balaban J connectivity index is 0.000000738. The molecule has 0 fully saturated rings. The monoisotopic (exact) mass is 645 g/mol. The van der Waals surface area contributed by atoms with Gasteiger partial charge in [-0.2, -0.15) is 18.2 Å². The molecule has 1 aliphatic rings. The second-order valence-electron chi connectivity index (χ2n) is 9.32. The lowest BCUT2D eigenvalue weighted by atomic mass is 10.0. The van der Waals surface area contributed by atoms with E-state index in [-0.39, 0.29) is 17.0 Å². The number of amides is 3. The van der Waals surface area contributed by atoms with Gasteiger partial charge in [-0.3, -0.25) is 25.2 Å². The Bertz CT molecular complexity index is 1560. The molecule has 6 N–H and O–H groups in total. The van der Waals surface area contributed by atoms with Gasteiger partial charge in [0, 0.05) is 18.4 Å². The number of fused-ring (bicyclic) bond motifs is 1. The molecular formula is C30H30F3N5O8. The third-order valence-electron chi connectivity index (χ3n) is 6.17. The number of alkyl halides is 3. The number of rotatable bonds is 12. The van der Waals surface area contributed by atoms with Crippen molar-refractivity contribution >= 4 is 35.2 Å². The summed E-state index contributed by atoms with van der Waals surface area (Å²) in [6.07, 6.45) is -5.08. The maximum atomic E-state index is 13.6. The van der Waals surface area contributed by atoms with E-state index in [1.54, 1.807) is 61.7 Å². The molecule has 1 aliphatic heterocycles. The number of amidine groups is 1. The van der Waals surface area contributed by atoms with Gasteiger partial charge >= 0.3 is 12.1 Å². The normalized spacial score (nSPS) is 12.8. The van der Waals surface area contributed by atoms with Crippen molar-refractivity contribution in [1.29, 1.82) is 5.41 Å². The zero-order valence-electron chi connectivity index (χ0n) is 24.5. The summed E-state index contributed by atoms with van der Waals surface area (Å²) in [5.41, 5.74) is 10.00. The van der Waals surface area contributed by atoms with E-state index in [2.05, 4.69) is 10.7 Å². The molecule has 0 bridgehead atoms. The molecule has 46 heavy (non-hydrogen) atoms. The quantitative estimate of drug-likeness (QED) is 0.0842. The Morgan fingerprint density at radius 2 is 1.54 bits per heavy atom. The number of carbonyl (C=O) groups is 4. The summed E-state index contributed by atoms with van der Waals surface area (Å²) in [5, 5.41) is 18.6. The summed E-state index contributed by atoms with van der Waals surface area (Å²) < 4.78 is 48.3. The van der Waals surface area contributed by atoms with Crippen LogP contribution in [0.4, 0.5) is 18.9 Å². The summed E-state index contributed by atoms with van der Waals surface area (Å²) in [5.74, 6) is -3.85. The van der Waals surface area contributed by atoms with E-state index in [1.807, 2.05) is 6.92 Å². The smallest absolute Gasteiger partial charge is 0.490 e. The number of hydrazine groups is 1. The van der Waals surface area contributed by atoms with Crippen LogP contribution >= 0.6 is 0 Å². The Morgan fingerprint density at radius 3 is 2.04 bits per heavy atom. The molecule has 3 aromatic carbocycles. The number of nitrogens with two attached hydrogens (primary N) is 1. The summed E-state index contributed by atoms with van der Waals surface area (Å²) in [7, 11) is 1.57. The van der Waals surface area contributed by atoms with Crippen LogP contribution < -0.4 is 25.9 Å². The van der Waals surface area contributed by atoms with Crippen LogP contribution in [0.1, 0.15) is 44.8 Å². The van der Waals surface area contributed by atoms with Crippen LogP contribution in [0.3, 0.4) is 0 Å². The van der Waals surface area contributed by atoms with Crippen molar-refractivity contribution in [3.63, 3.8) is 0 Å². The average molecular weight is 646 g/mol. The molecule has 0 saturated heterocycles. The summed E-state index contributed by atoms with van der Waals surface area (Å²) in [4.78, 5) is 48.2. The number of carbonyl (C=O) groups excluding carboxylic acids is 3. The SMILES string of the molecule is CCOc1cc(C(Nc2ccc(C(=N)N)cc2)C(=O)NN2C(=O)c3ccccc3C2=O)ccc1OCCOC.O=C(O)C(F)(F)F. The Hall–Kier alpha value is -5.64. The van der Waals surface area contributed by atoms with E-state index in [4.69, 9.17) is 35.3 Å². The highest BCUT2D eigenvalue weighted by Crippen LogP contribution is 2.32. The fourth-order valence-electron chi connectivity index (χ4n) is 4.01. The van der Waals surface area contributed by atoms with Gasteiger partial charge in [-0.1, -0.05) is 18.2 Å². The Kier molecular flexibility index (Phi) is 11.7. The fourth-order valence-corrected chi connectivity index (χ4v) is 4.01. The number of carboxylic acid groups (broad SMARTS) is 1. The van der Waals surface area contributed by atoms with Crippen molar-refractivity contribution < 1.29 is 51.7 Å². The molecule has 1 unspecified atom stereocenters. The Labute approximate surface area is 260 Å². The lowest BCUT2D eigenvalue weighted by Gasteiger charge is -2.24. The number of nitrogens with zero attached hydrogens (tertiary/aromatic N) is 1. The highest BCUT2D eigenvalue weighted by atomic mass is 19.4. The highest BCUT2D eigenvalue weighted by Gasteiger charge is 2.39. The van der Waals surface area contributed by atoms with Gasteiger partial charge in [-0.15, -0.1) is 0 Å². The van der Waals surface area contributed by atoms with Crippen LogP contribution in [0, 0.1) is 5.41 Å². The van der Waals surface area contributed by atoms with Crippen molar-refractivity contribution in [2.75, 3.05) is 32.2 Å². The van der Waals surface area contributed by atoms with Crippen LogP contribution in [-0.4, -0.2) is 72.7 Å². The summed E-state index contributed by atoms with van der Waals surface area (Å²) in [6, 6.07) is 17.0. The van der Waals surface area contributed by atoms with Crippen LogP contribution in [-0.2, 0) is 14.3 Å². The van der Waals surface area contributed by atoms with Crippen molar-refractivity contribution in [3.05, 3.63) is 89.0 Å². The lowest BCUT2D eigenvalue weighted by molar-refractivity contribution is -0.192. The maximum Gasteiger partial charge on any atom is 0.490 e. The van der Waals surface area contributed by atoms with E-state index in [1.165, 1.54) is 12.1 Å². The number of hydrogen-bond acceptors (Lipinski definition) is 9. The van der Waals surface area contributed by atoms with E-state index in [0.717, 1.165) is 0 Å². The molecule has 16 heteroatoms. The fraction of sp³-hybridized carbons (Fsp3) is 0.233. The van der Waals surface area contributed by atoms with Gasteiger partial charge in [0.1, 0.15) is 18.5 Å². The van der Waals surface area contributed by atoms with Crippen LogP contribution in [0.2, 0.25) is 0 Å². The van der Waals surface area contributed by atoms with Gasteiger partial charge in [-0.25, -0.2) is 4.79 Å². The molecule has 0 saturated carbocycles. The molecule has 4 rings (SSSR count). The van der Waals surface area contributed by atoms with Crippen molar-refractivity contribution in [1.82, 2.24) is 10.4 Å². The predicted octanol–water partition coefficient (Wildman–Crippen LogP) is 3.51. The second kappa shape index (κ2) is 15.4. The third-order valence-corrected chi connectivity index (χ3v) is 6.17. The molecule has 3 aromatic rings. The van der Waals surface area contributed by atoms with Gasteiger partial charge in [0.2, 0.25) is 0 Å². The summed E-state index contributed by atoms with van der Waals surface area (Å²) in [6.45, 7) is 2.87. The zero-order valence-corrected chi connectivity index (χ0v) is 24.5. The highest BCUT2D eigenvalue weighted by molar-refractivity contribution is 6.21. The average Bonchev–Trinajstić information content (AvgIpc) is 3.25. The van der Waals surface area contributed by atoms with Crippen LogP contribution in [0.15, 0.2) is 66.7 Å². The molecule has 0 aromatic heterocycles. The second-order valence-corrected chi connectivity index (χ2v) is 9.32. The molecule has 0 aliphatic carbocycles. The van der Waals surface area contributed by atoms with Crippen LogP contribution in [0.5, 0.6) is 11.5 Å². The largest absolute Gasteiger partial charge is 0.490 e. The first kappa shape index (κ1) is 34.8. The summed E-state index contributed by atoms with van der Waals surface area (Å²) >= 11 is 0. The number of benzene rings is 3. The van der Waals surface area contributed by atoms with Crippen molar-refractivity contribution in [3.8, 4) is 11.5 Å². The lowest BCUT2D eigenvalue weighted by Crippen LogP contribution is -2.48. The standard InChI is InChI=1S/C28H29N5O6.C2HF3O2/c1-3-38-23-16-18(10-13-22(23)39-15-14-37-2)24(31-19-11-8-17(9-12-19)25(29)30)26(34)32-33-27(35)20-6-4-5-7-21(20)28(33)36;3-2(4,5)1(6)7/h4-13,16,24,31H,3,14-15H2,1-2H3,(H3,29,30)(H,32,34);(H,6,7). The van der Waals surface area contributed by atoms with Crippen LogP contribution in [0.25, 0.3) is 0 Å². The predicted molar refractivity (Wildman–Crippen MR) is 158 cm³/mol. The third kappa shape index (κ3) is 8.72. The van der Waals surface area contributed by atoms with Gasteiger partial charge in [0.15, 0.2) is 11.5 Å². The molecule has 3 amide bonds. The van der Waals surface area contributed by atoms with E-state index in [0.29, 0.717) is 53.1 Å². The molecule has 1 heterocycles. The number of nitrogen functional groups attached to an aromatic ring is 1. The zero-order chi connectivity index (χ0) is 34.0. The first-order valence-corrected chi connectivity index (χ1v) is 13.5. The van der Waals surface area contributed by atoms with E-state index < -0.39 is 35.9 Å². The van der Waals surface area contributed by atoms with E-state index >= 15 is 0 Å². The number of ether oxygens (including phenoxy) is 3. The maximum absolute atomic E-state index is 13.6. The van der Waals surface area contributed by atoms with Crippen molar-refractivity contribution in [2.24, 2.45) is 5.73 Å².